The van der Waals surface area contributed by atoms with Gasteiger partial charge in [0, 0.05) is 5.92 Å². The first-order chi connectivity index (χ1) is 6.25. The van der Waals surface area contributed by atoms with Gasteiger partial charge in [0.05, 0.1) is 9.75 Å². The minimum atomic E-state index is 0.129. The summed E-state index contributed by atoms with van der Waals surface area (Å²) in [6.07, 6.45) is 2.50. The zero-order valence-electron chi connectivity index (χ0n) is 7.46. The number of carbonyl (C=O) groups excluding carboxylic acids is 1. The van der Waals surface area contributed by atoms with Gasteiger partial charge in [0.25, 0.3) is 0 Å². The van der Waals surface area contributed by atoms with Gasteiger partial charge in [-0.1, -0.05) is 11.8 Å². The van der Waals surface area contributed by atoms with Crippen molar-refractivity contribution < 1.29 is 4.79 Å². The largest absolute Gasteiger partial charge is 0.294 e. The molecule has 2 heteroatoms. The molecule has 1 aliphatic carbocycles. The molecule has 0 aromatic carbocycles. The molecule has 0 atom stereocenters. The minimum Gasteiger partial charge on any atom is -0.294 e. The highest BCUT2D eigenvalue weighted by Gasteiger charge is 2.17. The van der Waals surface area contributed by atoms with Gasteiger partial charge >= 0.3 is 0 Å². The van der Waals surface area contributed by atoms with Crippen molar-refractivity contribution in [3.8, 4) is 11.8 Å². The molecule has 1 nitrogen and oxygen atoms in total. The first kappa shape index (κ1) is 8.52. The Kier molecular flexibility index (Phi) is 2.20. The van der Waals surface area contributed by atoms with Crippen LogP contribution in [-0.4, -0.2) is 5.78 Å². The van der Waals surface area contributed by atoms with E-state index in [-0.39, 0.29) is 5.78 Å². The van der Waals surface area contributed by atoms with E-state index < -0.39 is 0 Å². The topological polar surface area (TPSA) is 17.1 Å². The van der Waals surface area contributed by atoms with E-state index in [1.807, 2.05) is 12.1 Å². The summed E-state index contributed by atoms with van der Waals surface area (Å²) in [6, 6.07) is 3.78. The van der Waals surface area contributed by atoms with Crippen LogP contribution in [0.4, 0.5) is 0 Å². The van der Waals surface area contributed by atoms with Crippen molar-refractivity contribution in [2.24, 2.45) is 5.92 Å². The lowest BCUT2D eigenvalue weighted by atomic mass is 10.3. The van der Waals surface area contributed by atoms with Gasteiger partial charge in [0.15, 0.2) is 5.78 Å². The van der Waals surface area contributed by atoms with Gasteiger partial charge in [-0.05, 0) is 31.9 Å². The van der Waals surface area contributed by atoms with Gasteiger partial charge in [-0.3, -0.25) is 4.79 Å². The second kappa shape index (κ2) is 3.35. The van der Waals surface area contributed by atoms with E-state index in [4.69, 9.17) is 0 Å². The zero-order chi connectivity index (χ0) is 9.26. The Balaban J connectivity index is 2.13. The van der Waals surface area contributed by atoms with Crippen LogP contribution in [0.2, 0.25) is 0 Å². The highest BCUT2D eigenvalue weighted by atomic mass is 32.1. The Morgan fingerprint density at radius 1 is 1.54 bits per heavy atom. The van der Waals surface area contributed by atoms with E-state index in [2.05, 4.69) is 11.8 Å². The van der Waals surface area contributed by atoms with Crippen molar-refractivity contribution in [1.82, 2.24) is 0 Å². The molecule has 1 aromatic heterocycles. The summed E-state index contributed by atoms with van der Waals surface area (Å²) in [6.45, 7) is 1.59. The van der Waals surface area contributed by atoms with E-state index in [1.165, 1.54) is 24.2 Å². The van der Waals surface area contributed by atoms with E-state index >= 15 is 0 Å². The third-order valence-corrected chi connectivity index (χ3v) is 3.03. The first-order valence-corrected chi connectivity index (χ1v) is 5.19. The molecular formula is C11H10OS. The molecule has 66 valence electrons. The number of ketones is 1. The predicted molar refractivity (Wildman–Crippen MR) is 53.9 cm³/mol. The Morgan fingerprint density at radius 3 is 2.85 bits per heavy atom. The van der Waals surface area contributed by atoms with Crippen LogP contribution in [0.25, 0.3) is 0 Å². The van der Waals surface area contributed by atoms with Crippen LogP contribution in [0, 0.1) is 17.8 Å². The Hall–Kier alpha value is -1.07. The van der Waals surface area contributed by atoms with Crippen LogP contribution in [0.15, 0.2) is 12.1 Å². The third kappa shape index (κ3) is 2.19. The number of Topliss-reactive ketones (excluding diaryl/α,β-unsaturated/α-hetero) is 1. The number of rotatable bonds is 1. The minimum absolute atomic E-state index is 0.129. The maximum absolute atomic E-state index is 11.0. The maximum Gasteiger partial charge on any atom is 0.169 e. The standard InChI is InChI=1S/C11H10OS/c1-8(12)11-7-6-10(13-11)5-4-9-2-3-9/h6-7,9H,2-3H2,1H3. The Morgan fingerprint density at radius 2 is 2.31 bits per heavy atom. The lowest BCUT2D eigenvalue weighted by molar-refractivity contribution is 0.102. The molecule has 0 saturated heterocycles. The quantitative estimate of drug-likeness (QED) is 0.491. The van der Waals surface area contributed by atoms with Crippen molar-refractivity contribution in [2.75, 3.05) is 0 Å². The highest BCUT2D eigenvalue weighted by Crippen LogP contribution is 2.28. The normalized spacial score (nSPS) is 14.8. The zero-order valence-corrected chi connectivity index (χ0v) is 8.28. The van der Waals surface area contributed by atoms with E-state index in [9.17, 15) is 4.79 Å². The maximum atomic E-state index is 11.0. The average molecular weight is 190 g/mol. The van der Waals surface area contributed by atoms with Gasteiger partial charge in [-0.15, -0.1) is 11.3 Å². The highest BCUT2D eigenvalue weighted by molar-refractivity contribution is 7.14. The predicted octanol–water partition coefficient (Wildman–Crippen LogP) is 2.71. The van der Waals surface area contributed by atoms with E-state index in [1.54, 1.807) is 6.92 Å². The Labute approximate surface area is 81.8 Å². The molecule has 0 aliphatic heterocycles. The molecule has 1 heterocycles. The monoisotopic (exact) mass is 190 g/mol. The summed E-state index contributed by atoms with van der Waals surface area (Å²) >= 11 is 1.49. The summed E-state index contributed by atoms with van der Waals surface area (Å²) in [5, 5.41) is 0. The number of thiophene rings is 1. The number of hydrogen-bond acceptors (Lipinski definition) is 2. The van der Waals surface area contributed by atoms with E-state index in [0.29, 0.717) is 5.92 Å². The fraction of sp³-hybridized carbons (Fsp3) is 0.364. The lowest BCUT2D eigenvalue weighted by Crippen LogP contribution is -1.83. The molecule has 0 N–H and O–H groups in total. The fourth-order valence-corrected chi connectivity index (χ4v) is 1.76. The molecule has 1 aromatic rings. The van der Waals surface area contributed by atoms with Gasteiger partial charge in [-0.25, -0.2) is 0 Å². The lowest BCUT2D eigenvalue weighted by Gasteiger charge is -1.81. The Bertz CT molecular complexity index is 388. The molecule has 0 spiro atoms. The van der Waals surface area contributed by atoms with Crippen molar-refractivity contribution in [2.45, 2.75) is 19.8 Å². The molecule has 1 aliphatic rings. The van der Waals surface area contributed by atoms with Crippen LogP contribution in [-0.2, 0) is 0 Å². The molecule has 1 saturated carbocycles. The second-order valence-electron chi connectivity index (χ2n) is 3.26. The molecule has 0 amide bonds. The number of carbonyl (C=O) groups is 1. The molecule has 0 unspecified atom stereocenters. The molecule has 1 fully saturated rings. The summed E-state index contributed by atoms with van der Waals surface area (Å²) in [4.78, 5) is 12.8. The molecule has 13 heavy (non-hydrogen) atoms. The van der Waals surface area contributed by atoms with Crippen molar-refractivity contribution in [3.05, 3.63) is 21.9 Å². The van der Waals surface area contributed by atoms with Crippen molar-refractivity contribution >= 4 is 17.1 Å². The molecule has 0 radical (unpaired) electrons. The summed E-state index contributed by atoms with van der Waals surface area (Å²) in [5.41, 5.74) is 0. The van der Waals surface area contributed by atoms with Gasteiger partial charge in [0.1, 0.15) is 0 Å². The summed E-state index contributed by atoms with van der Waals surface area (Å²) < 4.78 is 0. The molecule has 0 bridgehead atoms. The summed E-state index contributed by atoms with van der Waals surface area (Å²) in [5.74, 6) is 7.03. The van der Waals surface area contributed by atoms with E-state index in [0.717, 1.165) is 9.75 Å². The second-order valence-corrected chi connectivity index (χ2v) is 4.35. The first-order valence-electron chi connectivity index (χ1n) is 4.38. The third-order valence-electron chi connectivity index (χ3n) is 1.93. The van der Waals surface area contributed by atoms with Crippen LogP contribution < -0.4 is 0 Å². The van der Waals surface area contributed by atoms with Crippen LogP contribution in [0.1, 0.15) is 34.3 Å². The number of hydrogen-bond donors (Lipinski definition) is 0. The van der Waals surface area contributed by atoms with Crippen LogP contribution in [0.3, 0.4) is 0 Å². The average Bonchev–Trinajstić information content (AvgIpc) is 2.79. The fourth-order valence-electron chi connectivity index (χ4n) is 0.995. The SMILES string of the molecule is CC(=O)c1ccc(C#CC2CC2)s1. The summed E-state index contributed by atoms with van der Waals surface area (Å²) in [7, 11) is 0. The smallest absolute Gasteiger partial charge is 0.169 e. The molecule has 2 rings (SSSR count). The van der Waals surface area contributed by atoms with Crippen molar-refractivity contribution in [1.29, 1.82) is 0 Å². The van der Waals surface area contributed by atoms with Crippen molar-refractivity contribution in [3.63, 3.8) is 0 Å². The van der Waals surface area contributed by atoms with Gasteiger partial charge in [0.2, 0.25) is 0 Å². The van der Waals surface area contributed by atoms with Gasteiger partial charge in [-0.2, -0.15) is 0 Å². The van der Waals surface area contributed by atoms with Crippen LogP contribution >= 0.6 is 11.3 Å². The molecular weight excluding hydrogens is 180 g/mol. The van der Waals surface area contributed by atoms with Gasteiger partial charge < -0.3 is 0 Å². The van der Waals surface area contributed by atoms with Crippen LogP contribution in [0.5, 0.6) is 0 Å².